The van der Waals surface area contributed by atoms with E-state index < -0.39 is 8.32 Å². The third-order valence-corrected chi connectivity index (χ3v) is 12.4. The van der Waals surface area contributed by atoms with Crippen molar-refractivity contribution in [2.24, 2.45) is 0 Å². The van der Waals surface area contributed by atoms with E-state index in [-0.39, 0.29) is 16.4 Å². The predicted octanol–water partition coefficient (Wildman–Crippen LogP) is 5.53. The molecule has 3 heterocycles. The van der Waals surface area contributed by atoms with Crippen molar-refractivity contribution in [3.05, 3.63) is 59.0 Å². The maximum atomic E-state index is 12.1. The SMILES string of the molecule is CNC(=O)c1cnc(C)c(Nc2nccc(-c3cc(C#N)c4c(c3)[C@@](C)(CO[Si](C)(C)C(C)(C)C)CN4)n2)c1. The van der Waals surface area contributed by atoms with Gasteiger partial charge in [0.25, 0.3) is 5.91 Å². The van der Waals surface area contributed by atoms with Gasteiger partial charge in [0, 0.05) is 43.6 Å². The maximum absolute atomic E-state index is 12.1. The highest BCUT2D eigenvalue weighted by Gasteiger charge is 2.42. The van der Waals surface area contributed by atoms with Crippen LogP contribution in [0.1, 0.15) is 54.9 Å². The number of carbonyl (C=O) groups is 1. The second-order valence-electron chi connectivity index (χ2n) is 11.8. The molecule has 39 heavy (non-hydrogen) atoms. The van der Waals surface area contributed by atoms with Crippen LogP contribution in [0, 0.1) is 18.3 Å². The fraction of sp³-hybridized carbons (Fsp3) is 0.414. The molecule has 0 radical (unpaired) electrons. The highest BCUT2D eigenvalue weighted by molar-refractivity contribution is 6.74. The van der Waals surface area contributed by atoms with E-state index in [9.17, 15) is 10.1 Å². The Morgan fingerprint density at radius 1 is 1.26 bits per heavy atom. The van der Waals surface area contributed by atoms with E-state index in [1.807, 2.05) is 19.1 Å². The first-order chi connectivity index (χ1) is 18.3. The van der Waals surface area contributed by atoms with Gasteiger partial charge in [-0.3, -0.25) is 9.78 Å². The molecular formula is C29H37N7O2Si. The molecule has 2 aromatic heterocycles. The first kappa shape index (κ1) is 28.2. The van der Waals surface area contributed by atoms with Crippen LogP contribution in [0.25, 0.3) is 11.3 Å². The number of aryl methyl sites for hydroxylation is 1. The molecule has 1 aliphatic heterocycles. The Morgan fingerprint density at radius 3 is 2.67 bits per heavy atom. The number of amides is 1. The summed E-state index contributed by atoms with van der Waals surface area (Å²) >= 11 is 0. The van der Waals surface area contributed by atoms with Gasteiger partial charge < -0.3 is 20.4 Å². The van der Waals surface area contributed by atoms with E-state index in [1.54, 1.807) is 19.3 Å². The summed E-state index contributed by atoms with van der Waals surface area (Å²) in [5, 5.41) is 19.4. The molecule has 0 aliphatic carbocycles. The summed E-state index contributed by atoms with van der Waals surface area (Å²) < 4.78 is 6.63. The van der Waals surface area contributed by atoms with Crippen LogP contribution in [0.4, 0.5) is 17.3 Å². The number of hydrogen-bond acceptors (Lipinski definition) is 8. The number of fused-ring (bicyclic) bond motifs is 1. The van der Waals surface area contributed by atoms with Gasteiger partial charge in [-0.05, 0) is 54.9 Å². The zero-order valence-electron chi connectivity index (χ0n) is 24.0. The van der Waals surface area contributed by atoms with Crippen LogP contribution in [0.15, 0.2) is 36.7 Å². The van der Waals surface area contributed by atoms with Crippen molar-refractivity contribution in [3.63, 3.8) is 0 Å². The monoisotopic (exact) mass is 543 g/mol. The van der Waals surface area contributed by atoms with Gasteiger partial charge in [0.05, 0.1) is 33.9 Å². The molecule has 0 saturated heterocycles. The zero-order valence-corrected chi connectivity index (χ0v) is 25.0. The van der Waals surface area contributed by atoms with Crippen LogP contribution in [0.3, 0.4) is 0 Å². The van der Waals surface area contributed by atoms with Crippen LogP contribution in [-0.2, 0) is 9.84 Å². The second-order valence-corrected chi connectivity index (χ2v) is 16.7. The number of nitrogens with one attached hydrogen (secondary N) is 3. The lowest BCUT2D eigenvalue weighted by Crippen LogP contribution is -2.45. The number of anilines is 3. The molecule has 9 nitrogen and oxygen atoms in total. The van der Waals surface area contributed by atoms with E-state index in [0.29, 0.717) is 47.3 Å². The summed E-state index contributed by atoms with van der Waals surface area (Å²) in [4.78, 5) is 25.5. The number of carbonyl (C=O) groups excluding carboxylic acids is 1. The highest BCUT2D eigenvalue weighted by Crippen LogP contribution is 2.44. The number of benzene rings is 1. The van der Waals surface area contributed by atoms with Crippen LogP contribution < -0.4 is 16.0 Å². The number of nitrogens with zero attached hydrogens (tertiary/aromatic N) is 4. The van der Waals surface area contributed by atoms with Gasteiger partial charge in [-0.25, -0.2) is 9.97 Å². The molecule has 3 N–H and O–H groups in total. The molecule has 3 aromatic rings. The summed E-state index contributed by atoms with van der Waals surface area (Å²) in [6.45, 7) is 16.5. The van der Waals surface area contributed by atoms with Gasteiger partial charge in [0.1, 0.15) is 6.07 Å². The molecule has 0 saturated carbocycles. The molecule has 0 bridgehead atoms. The Hall–Kier alpha value is -3.81. The molecule has 1 aromatic carbocycles. The summed E-state index contributed by atoms with van der Waals surface area (Å²) in [5.41, 5.74) is 5.50. The topological polar surface area (TPSA) is 125 Å². The van der Waals surface area contributed by atoms with E-state index in [0.717, 1.165) is 16.8 Å². The van der Waals surface area contributed by atoms with Gasteiger partial charge in [0.2, 0.25) is 5.95 Å². The molecular weight excluding hydrogens is 506 g/mol. The maximum Gasteiger partial charge on any atom is 0.252 e. The first-order valence-corrected chi connectivity index (χ1v) is 15.9. The number of pyridine rings is 1. The molecule has 0 unspecified atom stereocenters. The van der Waals surface area contributed by atoms with Gasteiger partial charge in [-0.1, -0.05) is 27.7 Å². The van der Waals surface area contributed by atoms with Crippen molar-refractivity contribution in [2.45, 2.75) is 58.2 Å². The van der Waals surface area contributed by atoms with Gasteiger partial charge in [0.15, 0.2) is 8.32 Å². The van der Waals surface area contributed by atoms with Gasteiger partial charge in [-0.15, -0.1) is 0 Å². The van der Waals surface area contributed by atoms with Crippen LogP contribution in [0.2, 0.25) is 18.1 Å². The van der Waals surface area contributed by atoms with E-state index in [2.05, 4.69) is 78.8 Å². The van der Waals surface area contributed by atoms with E-state index in [1.165, 1.54) is 6.20 Å². The summed E-state index contributed by atoms with van der Waals surface area (Å²) in [6, 6.07) is 9.87. The lowest BCUT2D eigenvalue weighted by atomic mass is 9.83. The highest BCUT2D eigenvalue weighted by atomic mass is 28.4. The molecule has 0 spiro atoms. The molecule has 1 atom stereocenters. The smallest absolute Gasteiger partial charge is 0.252 e. The Balaban J connectivity index is 1.67. The molecule has 4 rings (SSSR count). The standard InChI is InChI=1S/C29H37N7O2Si/c1-18-24(13-21(15-33-18)26(37)31-6)36-27-32-10-9-23(35-27)19-11-20(14-30)25-22(12-19)29(5,16-34-25)17-38-39(7,8)28(2,3)4/h9-13,15,34H,16-17H2,1-8H3,(H,31,37)(H,32,35,36)/t29-/m1/s1. The quantitative estimate of drug-likeness (QED) is 0.332. The Kier molecular flexibility index (Phi) is 7.52. The summed E-state index contributed by atoms with van der Waals surface area (Å²) in [7, 11) is -0.378. The minimum Gasteiger partial charge on any atom is -0.416 e. The predicted molar refractivity (Wildman–Crippen MR) is 157 cm³/mol. The second kappa shape index (κ2) is 10.4. The van der Waals surface area contributed by atoms with Crippen LogP contribution in [0.5, 0.6) is 0 Å². The number of nitriles is 1. The van der Waals surface area contributed by atoms with Crippen molar-refractivity contribution < 1.29 is 9.22 Å². The molecule has 1 amide bonds. The number of hydrogen-bond donors (Lipinski definition) is 3. The van der Waals surface area contributed by atoms with Gasteiger partial charge >= 0.3 is 0 Å². The fourth-order valence-corrected chi connectivity index (χ4v) is 5.35. The Bertz CT molecular complexity index is 1460. The van der Waals surface area contributed by atoms with E-state index in [4.69, 9.17) is 9.41 Å². The van der Waals surface area contributed by atoms with Crippen molar-refractivity contribution >= 4 is 31.5 Å². The normalized spacial score (nSPS) is 16.7. The summed E-state index contributed by atoms with van der Waals surface area (Å²) in [5.74, 6) is 0.143. The number of rotatable bonds is 7. The van der Waals surface area contributed by atoms with Crippen molar-refractivity contribution in [3.8, 4) is 17.3 Å². The van der Waals surface area contributed by atoms with E-state index >= 15 is 0 Å². The van der Waals surface area contributed by atoms with Gasteiger partial charge in [-0.2, -0.15) is 5.26 Å². The average Bonchev–Trinajstić information content (AvgIpc) is 3.24. The first-order valence-electron chi connectivity index (χ1n) is 13.0. The summed E-state index contributed by atoms with van der Waals surface area (Å²) in [6.07, 6.45) is 3.21. The van der Waals surface area contributed by atoms with Crippen LogP contribution >= 0.6 is 0 Å². The number of aromatic nitrogens is 3. The largest absolute Gasteiger partial charge is 0.416 e. The Morgan fingerprint density at radius 2 is 2.00 bits per heavy atom. The minimum absolute atomic E-state index is 0.107. The lowest BCUT2D eigenvalue weighted by Gasteiger charge is -2.39. The Labute approximate surface area is 231 Å². The van der Waals surface area contributed by atoms with Crippen molar-refractivity contribution in [1.82, 2.24) is 20.3 Å². The third kappa shape index (κ3) is 5.65. The average molecular weight is 544 g/mol. The minimum atomic E-state index is -1.96. The van der Waals surface area contributed by atoms with Crippen molar-refractivity contribution in [1.29, 1.82) is 5.26 Å². The molecule has 204 valence electrons. The fourth-order valence-electron chi connectivity index (χ4n) is 4.24. The van der Waals surface area contributed by atoms with Crippen molar-refractivity contribution in [2.75, 3.05) is 30.8 Å². The lowest BCUT2D eigenvalue weighted by molar-refractivity contribution is 0.0962. The third-order valence-electron chi connectivity index (χ3n) is 7.90. The zero-order chi connectivity index (χ0) is 28.6. The molecule has 0 fully saturated rings. The van der Waals surface area contributed by atoms with Crippen LogP contribution in [-0.4, -0.2) is 49.4 Å². The molecule has 1 aliphatic rings. The molecule has 10 heteroatoms.